The summed E-state index contributed by atoms with van der Waals surface area (Å²) in [6.45, 7) is 6.96. The fraction of sp³-hybridized carbons (Fsp3) is 0.450. The van der Waals surface area contributed by atoms with Crippen LogP contribution in [-0.4, -0.2) is 65.8 Å². The number of nitrogens with zero attached hydrogens (tertiary/aromatic N) is 5. The topological polar surface area (TPSA) is 47.5 Å². The molecule has 0 aliphatic carbocycles. The lowest BCUT2D eigenvalue weighted by Gasteiger charge is -2.36. The van der Waals surface area contributed by atoms with Gasteiger partial charge in [0, 0.05) is 45.0 Å². The van der Waals surface area contributed by atoms with E-state index >= 15 is 0 Å². The molecule has 0 amide bonds. The monoisotopic (exact) mass is 382 g/mol. The van der Waals surface area contributed by atoms with E-state index < -0.39 is 0 Å². The molecule has 2 aromatic rings. The molecule has 1 N–H and O–H groups in total. The van der Waals surface area contributed by atoms with Crippen LogP contribution >= 0.6 is 12.2 Å². The Balaban J connectivity index is 1.27. The maximum absolute atomic E-state index is 5.55. The zero-order chi connectivity index (χ0) is 18.5. The number of rotatable bonds is 5. The predicted molar refractivity (Wildman–Crippen MR) is 113 cm³/mol. The van der Waals surface area contributed by atoms with E-state index in [2.05, 4.69) is 55.3 Å². The first-order chi connectivity index (χ1) is 13.3. The van der Waals surface area contributed by atoms with Crippen LogP contribution in [0, 0.1) is 0 Å². The molecule has 2 fully saturated rings. The molecule has 3 heterocycles. The second-order valence-corrected chi connectivity index (χ2v) is 7.47. The van der Waals surface area contributed by atoms with Gasteiger partial charge in [-0.2, -0.15) is 0 Å². The zero-order valence-electron chi connectivity index (χ0n) is 15.5. The third-order valence-electron chi connectivity index (χ3n) is 5.24. The first-order valence-electron chi connectivity index (χ1n) is 9.67. The molecular formula is C20H26N6S. The molecule has 4 rings (SSSR count). The van der Waals surface area contributed by atoms with Crippen LogP contribution in [0.4, 0.5) is 11.5 Å². The van der Waals surface area contributed by atoms with E-state index in [1.165, 1.54) is 18.5 Å². The number of nitrogens with one attached hydrogen (secondary N) is 1. The van der Waals surface area contributed by atoms with Crippen molar-refractivity contribution in [1.82, 2.24) is 20.2 Å². The van der Waals surface area contributed by atoms with Crippen molar-refractivity contribution in [2.24, 2.45) is 0 Å². The minimum atomic E-state index is 0.675. The van der Waals surface area contributed by atoms with E-state index in [1.54, 1.807) is 6.20 Å². The van der Waals surface area contributed by atoms with Crippen molar-refractivity contribution in [3.05, 3.63) is 48.4 Å². The maximum atomic E-state index is 5.55. The number of benzene rings is 1. The molecule has 27 heavy (non-hydrogen) atoms. The van der Waals surface area contributed by atoms with Gasteiger partial charge in [0.1, 0.15) is 16.5 Å². The number of thiocarbonyl (C=S) groups is 1. The molecular weight excluding hydrogens is 356 g/mol. The summed E-state index contributed by atoms with van der Waals surface area (Å²) >= 11 is 5.55. The number of aromatic nitrogens is 2. The van der Waals surface area contributed by atoms with E-state index in [0.29, 0.717) is 4.99 Å². The summed E-state index contributed by atoms with van der Waals surface area (Å²) in [4.78, 5) is 16.8. The van der Waals surface area contributed by atoms with Gasteiger partial charge in [-0.05, 0) is 25.0 Å². The van der Waals surface area contributed by atoms with Crippen LogP contribution in [0.1, 0.15) is 18.5 Å². The van der Waals surface area contributed by atoms with Gasteiger partial charge in [0.25, 0.3) is 0 Å². The van der Waals surface area contributed by atoms with E-state index in [4.69, 9.17) is 17.2 Å². The molecule has 0 radical (unpaired) electrons. The summed E-state index contributed by atoms with van der Waals surface area (Å²) in [7, 11) is 0. The van der Waals surface area contributed by atoms with Crippen LogP contribution in [0.5, 0.6) is 0 Å². The lowest BCUT2D eigenvalue weighted by molar-refractivity contribution is 0.254. The van der Waals surface area contributed by atoms with Gasteiger partial charge in [0.2, 0.25) is 0 Å². The smallest absolute Gasteiger partial charge is 0.147 e. The summed E-state index contributed by atoms with van der Waals surface area (Å²) in [5.41, 5.74) is 2.06. The van der Waals surface area contributed by atoms with Crippen molar-refractivity contribution in [1.29, 1.82) is 0 Å². The highest BCUT2D eigenvalue weighted by molar-refractivity contribution is 7.80. The normalized spacial score (nSPS) is 17.9. The second-order valence-electron chi connectivity index (χ2n) is 7.06. The number of anilines is 2. The minimum absolute atomic E-state index is 0.675. The van der Waals surface area contributed by atoms with Crippen molar-refractivity contribution in [3.63, 3.8) is 0 Å². The Kier molecular flexibility index (Phi) is 5.79. The number of hydrogen-bond donors (Lipinski definition) is 1. The van der Waals surface area contributed by atoms with Crippen LogP contribution in [0.3, 0.4) is 0 Å². The highest BCUT2D eigenvalue weighted by Crippen LogP contribution is 2.17. The Morgan fingerprint density at radius 3 is 2.41 bits per heavy atom. The highest BCUT2D eigenvalue weighted by atomic mass is 32.1. The molecule has 2 aliphatic rings. The molecule has 0 saturated carbocycles. The van der Waals surface area contributed by atoms with Gasteiger partial charge in [-0.25, -0.2) is 4.98 Å². The van der Waals surface area contributed by atoms with Crippen LogP contribution in [0.25, 0.3) is 0 Å². The summed E-state index contributed by atoms with van der Waals surface area (Å²) in [5, 5.41) is 3.36. The van der Waals surface area contributed by atoms with Crippen LogP contribution in [0.15, 0.2) is 42.7 Å². The van der Waals surface area contributed by atoms with Crippen LogP contribution in [0.2, 0.25) is 0 Å². The molecule has 1 aromatic carbocycles. The molecule has 0 spiro atoms. The Morgan fingerprint density at radius 1 is 0.926 bits per heavy atom. The third-order valence-corrected chi connectivity index (χ3v) is 5.59. The van der Waals surface area contributed by atoms with E-state index in [-0.39, 0.29) is 0 Å². The fourth-order valence-electron chi connectivity index (χ4n) is 3.64. The first-order valence-corrected chi connectivity index (χ1v) is 10.1. The van der Waals surface area contributed by atoms with Gasteiger partial charge in [-0.15, -0.1) is 0 Å². The third kappa shape index (κ3) is 4.54. The van der Waals surface area contributed by atoms with Crippen LogP contribution < -0.4 is 15.1 Å². The van der Waals surface area contributed by atoms with Gasteiger partial charge in [-0.3, -0.25) is 9.88 Å². The molecule has 0 unspecified atom stereocenters. The molecule has 7 heteroatoms. The first kappa shape index (κ1) is 18.1. The summed E-state index contributed by atoms with van der Waals surface area (Å²) in [5.74, 6) is 0.936. The van der Waals surface area contributed by atoms with Crippen molar-refractivity contribution in [2.75, 3.05) is 55.7 Å². The fourth-order valence-corrected chi connectivity index (χ4v) is 3.80. The largest absolute Gasteiger partial charge is 0.369 e. The lowest BCUT2D eigenvalue weighted by Crippen LogP contribution is -2.50. The molecule has 6 nitrogen and oxygen atoms in total. The lowest BCUT2D eigenvalue weighted by atomic mass is 10.2. The molecule has 142 valence electrons. The Bertz CT molecular complexity index is 754. The number of hydrogen-bond acceptors (Lipinski definition) is 6. The van der Waals surface area contributed by atoms with Crippen molar-refractivity contribution in [3.8, 4) is 0 Å². The van der Waals surface area contributed by atoms with E-state index in [1.807, 2.05) is 6.20 Å². The summed E-state index contributed by atoms with van der Waals surface area (Å²) in [6, 6.07) is 10.6. The Hall–Kier alpha value is -2.25. The number of piperazine rings is 1. The number of para-hydroxylation sites is 1. The molecule has 2 saturated heterocycles. The van der Waals surface area contributed by atoms with Crippen molar-refractivity contribution in [2.45, 2.75) is 12.8 Å². The molecule has 0 atom stereocenters. The predicted octanol–water partition coefficient (Wildman–Crippen LogP) is 2.12. The quantitative estimate of drug-likeness (QED) is 0.795. The van der Waals surface area contributed by atoms with Gasteiger partial charge < -0.3 is 15.1 Å². The van der Waals surface area contributed by atoms with E-state index in [9.17, 15) is 0 Å². The van der Waals surface area contributed by atoms with Crippen molar-refractivity contribution < 1.29 is 0 Å². The zero-order valence-corrected chi connectivity index (χ0v) is 16.4. The van der Waals surface area contributed by atoms with Gasteiger partial charge in [-0.1, -0.05) is 30.4 Å². The second kappa shape index (κ2) is 8.63. The SMILES string of the molecule is S=C(NCN1CCN(c2ccccc2)CC1)c1cncc(N2CCCC2)n1. The Labute approximate surface area is 166 Å². The average Bonchev–Trinajstić information content (AvgIpc) is 3.28. The molecule has 2 aliphatic heterocycles. The standard InChI is InChI=1S/C20H26N6S/c27-20(18-14-21-15-19(23-18)26-8-4-5-9-26)22-16-24-10-12-25(13-11-24)17-6-2-1-3-7-17/h1-3,6-7,14-15H,4-5,8-13,16H2,(H,22,27). The summed E-state index contributed by atoms with van der Waals surface area (Å²) in [6.07, 6.45) is 6.04. The van der Waals surface area contributed by atoms with Gasteiger partial charge in [0.05, 0.1) is 19.1 Å². The van der Waals surface area contributed by atoms with Crippen molar-refractivity contribution >= 4 is 28.7 Å². The van der Waals surface area contributed by atoms with Gasteiger partial charge in [0.15, 0.2) is 0 Å². The molecule has 0 bridgehead atoms. The van der Waals surface area contributed by atoms with Crippen LogP contribution in [-0.2, 0) is 0 Å². The van der Waals surface area contributed by atoms with Gasteiger partial charge >= 0.3 is 0 Å². The molecule has 1 aromatic heterocycles. The average molecular weight is 383 g/mol. The Morgan fingerprint density at radius 2 is 1.67 bits per heavy atom. The minimum Gasteiger partial charge on any atom is -0.369 e. The highest BCUT2D eigenvalue weighted by Gasteiger charge is 2.18. The summed E-state index contributed by atoms with van der Waals surface area (Å²) < 4.78 is 0. The maximum Gasteiger partial charge on any atom is 0.147 e. The van der Waals surface area contributed by atoms with E-state index in [0.717, 1.165) is 57.4 Å².